The van der Waals surface area contributed by atoms with Crippen LogP contribution in [0.2, 0.25) is 0 Å². The molecule has 0 spiro atoms. The van der Waals surface area contributed by atoms with Crippen molar-refractivity contribution in [2.24, 2.45) is 5.92 Å². The molecular weight excluding hydrogens is 250 g/mol. The Kier molecular flexibility index (Phi) is 7.18. The van der Waals surface area contributed by atoms with Gasteiger partial charge in [-0.05, 0) is 54.3 Å². The first-order valence-corrected chi connectivity index (χ1v) is 6.53. The van der Waals surface area contributed by atoms with Gasteiger partial charge in [-0.3, -0.25) is 4.79 Å². The summed E-state index contributed by atoms with van der Waals surface area (Å²) in [6, 6.07) is 0.297. The number of hydrogen-bond donors (Lipinski definition) is 2. The molecule has 2 N–H and O–H groups in total. The van der Waals surface area contributed by atoms with Gasteiger partial charge in [0.05, 0.1) is 5.92 Å². The zero-order valence-electron chi connectivity index (χ0n) is 12.2. The molecule has 2 atom stereocenters. The van der Waals surface area contributed by atoms with Gasteiger partial charge in [0.25, 0.3) is 0 Å². The van der Waals surface area contributed by atoms with Gasteiger partial charge in [0, 0.05) is 18.1 Å². The number of carbonyl (C=O) groups is 1. The summed E-state index contributed by atoms with van der Waals surface area (Å²) in [6.45, 7) is 8.10. The monoisotopic (exact) mass is 277 g/mol. The minimum atomic E-state index is 0. The molecule has 1 aliphatic heterocycles. The summed E-state index contributed by atoms with van der Waals surface area (Å²) < 4.78 is 0. The number of halogens is 1. The molecule has 1 aliphatic rings. The minimum absolute atomic E-state index is 0. The predicted octanol–water partition coefficient (Wildman–Crippen LogP) is 1.25. The van der Waals surface area contributed by atoms with Crippen LogP contribution in [-0.4, -0.2) is 49.6 Å². The van der Waals surface area contributed by atoms with Crippen molar-refractivity contribution in [3.8, 4) is 0 Å². The number of amides is 1. The Morgan fingerprint density at radius 3 is 2.56 bits per heavy atom. The van der Waals surface area contributed by atoms with E-state index in [2.05, 4.69) is 36.3 Å². The zero-order valence-corrected chi connectivity index (χ0v) is 13.1. The van der Waals surface area contributed by atoms with E-state index in [1.54, 1.807) is 0 Å². The molecule has 5 heteroatoms. The highest BCUT2D eigenvalue weighted by atomic mass is 35.5. The molecule has 0 bridgehead atoms. The van der Waals surface area contributed by atoms with Crippen LogP contribution >= 0.6 is 12.4 Å². The maximum Gasteiger partial charge on any atom is 0.224 e. The molecule has 0 aromatic carbocycles. The second kappa shape index (κ2) is 7.31. The lowest BCUT2D eigenvalue weighted by Crippen LogP contribution is -2.52. The van der Waals surface area contributed by atoms with Crippen LogP contribution in [0.5, 0.6) is 0 Å². The van der Waals surface area contributed by atoms with E-state index in [1.807, 2.05) is 14.1 Å². The van der Waals surface area contributed by atoms with Gasteiger partial charge in [0.2, 0.25) is 5.91 Å². The molecule has 0 radical (unpaired) electrons. The summed E-state index contributed by atoms with van der Waals surface area (Å²) in [4.78, 5) is 14.2. The zero-order chi connectivity index (χ0) is 13.1. The molecule has 4 nitrogen and oxygen atoms in total. The van der Waals surface area contributed by atoms with Gasteiger partial charge in [-0.1, -0.05) is 0 Å². The van der Waals surface area contributed by atoms with E-state index in [1.165, 1.54) is 0 Å². The first-order valence-electron chi connectivity index (χ1n) is 6.53. The summed E-state index contributed by atoms with van der Waals surface area (Å²) in [5.74, 6) is 0.321. The number of carbonyl (C=O) groups excluding carboxylic acids is 1. The SMILES string of the molecule is CC1NCCCC1C(=O)NCC(C)(C)N(C)C.Cl. The Bertz CT molecular complexity index is 269. The number of piperidine rings is 1. The van der Waals surface area contributed by atoms with Crippen LogP contribution < -0.4 is 10.6 Å². The molecule has 1 amide bonds. The number of nitrogens with one attached hydrogen (secondary N) is 2. The van der Waals surface area contributed by atoms with Crippen LogP contribution in [0.25, 0.3) is 0 Å². The molecule has 2 unspecified atom stereocenters. The molecule has 1 heterocycles. The lowest BCUT2D eigenvalue weighted by atomic mass is 9.91. The van der Waals surface area contributed by atoms with Crippen LogP contribution in [0.3, 0.4) is 0 Å². The van der Waals surface area contributed by atoms with Crippen molar-refractivity contribution in [1.82, 2.24) is 15.5 Å². The highest BCUT2D eigenvalue weighted by molar-refractivity contribution is 5.85. The van der Waals surface area contributed by atoms with Crippen molar-refractivity contribution in [2.45, 2.75) is 45.2 Å². The summed E-state index contributed by atoms with van der Waals surface area (Å²) in [5, 5.41) is 6.45. The van der Waals surface area contributed by atoms with Gasteiger partial charge in [0.15, 0.2) is 0 Å². The van der Waals surface area contributed by atoms with Crippen molar-refractivity contribution in [3.05, 3.63) is 0 Å². The van der Waals surface area contributed by atoms with Crippen LogP contribution in [-0.2, 0) is 4.79 Å². The van der Waals surface area contributed by atoms with Crippen molar-refractivity contribution < 1.29 is 4.79 Å². The minimum Gasteiger partial charge on any atom is -0.354 e. The number of rotatable bonds is 4. The Morgan fingerprint density at radius 2 is 2.06 bits per heavy atom. The van der Waals surface area contributed by atoms with E-state index in [0.29, 0.717) is 12.6 Å². The third-order valence-electron chi connectivity index (χ3n) is 4.00. The normalized spacial score (nSPS) is 24.6. The Morgan fingerprint density at radius 1 is 1.44 bits per heavy atom. The van der Waals surface area contributed by atoms with E-state index in [9.17, 15) is 4.79 Å². The smallest absolute Gasteiger partial charge is 0.224 e. The average molecular weight is 278 g/mol. The second-order valence-corrected chi connectivity index (χ2v) is 5.92. The molecule has 0 aromatic rings. The van der Waals surface area contributed by atoms with Crippen molar-refractivity contribution in [1.29, 1.82) is 0 Å². The van der Waals surface area contributed by atoms with E-state index >= 15 is 0 Å². The molecule has 0 aliphatic carbocycles. The van der Waals surface area contributed by atoms with Crippen molar-refractivity contribution in [2.75, 3.05) is 27.2 Å². The standard InChI is InChI=1S/C13H27N3O.ClH/c1-10-11(7-6-8-14-10)12(17)15-9-13(2,3)16(4)5;/h10-11,14H,6-9H2,1-5H3,(H,15,17);1H. The van der Waals surface area contributed by atoms with E-state index in [4.69, 9.17) is 0 Å². The largest absolute Gasteiger partial charge is 0.354 e. The van der Waals surface area contributed by atoms with Crippen LogP contribution in [0.15, 0.2) is 0 Å². The van der Waals surface area contributed by atoms with Gasteiger partial charge in [-0.2, -0.15) is 0 Å². The second-order valence-electron chi connectivity index (χ2n) is 5.92. The number of hydrogen-bond acceptors (Lipinski definition) is 3. The topological polar surface area (TPSA) is 44.4 Å². The molecule has 0 aromatic heterocycles. The molecule has 18 heavy (non-hydrogen) atoms. The first kappa shape index (κ1) is 17.7. The summed E-state index contributed by atoms with van der Waals surface area (Å²) in [5.41, 5.74) is 0.000986. The van der Waals surface area contributed by atoms with Crippen molar-refractivity contribution in [3.63, 3.8) is 0 Å². The third-order valence-corrected chi connectivity index (χ3v) is 4.00. The average Bonchev–Trinajstić information content (AvgIpc) is 2.26. The predicted molar refractivity (Wildman–Crippen MR) is 78.2 cm³/mol. The fourth-order valence-corrected chi connectivity index (χ4v) is 1.99. The van der Waals surface area contributed by atoms with Gasteiger partial charge < -0.3 is 15.5 Å². The fraction of sp³-hybridized carbons (Fsp3) is 0.923. The van der Waals surface area contributed by atoms with Crippen LogP contribution in [0, 0.1) is 5.92 Å². The third kappa shape index (κ3) is 4.75. The Labute approximate surface area is 117 Å². The molecule has 1 saturated heterocycles. The van der Waals surface area contributed by atoms with Gasteiger partial charge >= 0.3 is 0 Å². The van der Waals surface area contributed by atoms with E-state index in [-0.39, 0.29) is 29.8 Å². The quantitative estimate of drug-likeness (QED) is 0.813. The highest BCUT2D eigenvalue weighted by Gasteiger charge is 2.29. The molecule has 0 saturated carbocycles. The lowest BCUT2D eigenvalue weighted by molar-refractivity contribution is -0.127. The van der Waals surface area contributed by atoms with Gasteiger partial charge in [-0.25, -0.2) is 0 Å². The lowest BCUT2D eigenvalue weighted by Gasteiger charge is -2.34. The maximum absolute atomic E-state index is 12.1. The fourth-order valence-electron chi connectivity index (χ4n) is 1.99. The number of nitrogens with zero attached hydrogens (tertiary/aromatic N) is 1. The van der Waals surface area contributed by atoms with Crippen molar-refractivity contribution >= 4 is 18.3 Å². The van der Waals surface area contributed by atoms with E-state index < -0.39 is 0 Å². The first-order chi connectivity index (χ1) is 7.84. The van der Waals surface area contributed by atoms with Gasteiger partial charge in [-0.15, -0.1) is 12.4 Å². The number of likely N-dealkylation sites (N-methyl/N-ethyl adjacent to an activating group) is 1. The van der Waals surface area contributed by atoms with Crippen LogP contribution in [0.1, 0.15) is 33.6 Å². The maximum atomic E-state index is 12.1. The Hall–Kier alpha value is -0.320. The molecule has 108 valence electrons. The molecule has 1 rings (SSSR count). The van der Waals surface area contributed by atoms with Gasteiger partial charge in [0.1, 0.15) is 0 Å². The van der Waals surface area contributed by atoms with Crippen LogP contribution in [0.4, 0.5) is 0 Å². The Balaban J connectivity index is 0.00000289. The molecular formula is C13H28ClN3O. The summed E-state index contributed by atoms with van der Waals surface area (Å²) in [7, 11) is 4.08. The highest BCUT2D eigenvalue weighted by Crippen LogP contribution is 2.17. The summed E-state index contributed by atoms with van der Waals surface area (Å²) >= 11 is 0. The van der Waals surface area contributed by atoms with E-state index in [0.717, 1.165) is 19.4 Å². The molecule has 1 fully saturated rings. The summed E-state index contributed by atoms with van der Waals surface area (Å²) in [6.07, 6.45) is 2.10.